The lowest BCUT2D eigenvalue weighted by Gasteiger charge is -2.09. The van der Waals surface area contributed by atoms with Crippen molar-refractivity contribution in [2.24, 2.45) is 12.8 Å². The van der Waals surface area contributed by atoms with Gasteiger partial charge in [0.25, 0.3) is 0 Å². The van der Waals surface area contributed by atoms with Crippen LogP contribution in [0, 0.1) is 0 Å². The van der Waals surface area contributed by atoms with E-state index in [2.05, 4.69) is 10.1 Å². The summed E-state index contributed by atoms with van der Waals surface area (Å²) in [5.74, 6) is 2.32. The second-order valence-corrected chi connectivity index (χ2v) is 4.37. The Kier molecular flexibility index (Phi) is 3.62. The SMILES string of the molecule is CC(C)Oc1ccc(-c2nc(CN)nn2C)cc1. The Morgan fingerprint density at radius 3 is 2.44 bits per heavy atom. The molecule has 0 atom stereocenters. The van der Waals surface area contributed by atoms with Gasteiger partial charge in [0.15, 0.2) is 11.6 Å². The van der Waals surface area contributed by atoms with Crippen molar-refractivity contribution in [3.8, 4) is 17.1 Å². The van der Waals surface area contributed by atoms with Crippen molar-refractivity contribution in [3.05, 3.63) is 30.1 Å². The molecule has 5 heteroatoms. The highest BCUT2D eigenvalue weighted by molar-refractivity contribution is 5.56. The quantitative estimate of drug-likeness (QED) is 0.892. The van der Waals surface area contributed by atoms with Gasteiger partial charge in [-0.3, -0.25) is 0 Å². The average Bonchev–Trinajstić information content (AvgIpc) is 2.71. The molecule has 0 amide bonds. The van der Waals surface area contributed by atoms with Gasteiger partial charge in [-0.15, -0.1) is 0 Å². The van der Waals surface area contributed by atoms with Crippen molar-refractivity contribution < 1.29 is 4.74 Å². The van der Waals surface area contributed by atoms with E-state index < -0.39 is 0 Å². The number of nitrogens with zero attached hydrogens (tertiary/aromatic N) is 3. The van der Waals surface area contributed by atoms with Crippen LogP contribution in [0.3, 0.4) is 0 Å². The zero-order valence-corrected chi connectivity index (χ0v) is 10.9. The van der Waals surface area contributed by atoms with E-state index in [9.17, 15) is 0 Å². The van der Waals surface area contributed by atoms with Crippen molar-refractivity contribution in [1.29, 1.82) is 0 Å². The summed E-state index contributed by atoms with van der Waals surface area (Å²) in [5.41, 5.74) is 6.53. The molecule has 0 radical (unpaired) electrons. The van der Waals surface area contributed by atoms with E-state index in [1.54, 1.807) is 4.68 Å². The van der Waals surface area contributed by atoms with E-state index in [1.807, 2.05) is 45.2 Å². The molecule has 2 rings (SSSR count). The number of benzene rings is 1. The van der Waals surface area contributed by atoms with Gasteiger partial charge in [0.1, 0.15) is 5.75 Å². The first kappa shape index (κ1) is 12.6. The molecule has 2 N–H and O–H groups in total. The van der Waals surface area contributed by atoms with Gasteiger partial charge in [-0.2, -0.15) is 5.10 Å². The third-order valence-corrected chi connectivity index (χ3v) is 2.47. The summed E-state index contributed by atoms with van der Waals surface area (Å²) >= 11 is 0. The molecule has 0 aliphatic heterocycles. The van der Waals surface area contributed by atoms with Crippen LogP contribution < -0.4 is 10.5 Å². The summed E-state index contributed by atoms with van der Waals surface area (Å²) in [4.78, 5) is 4.38. The van der Waals surface area contributed by atoms with E-state index in [0.29, 0.717) is 12.4 Å². The summed E-state index contributed by atoms with van der Waals surface area (Å²) in [7, 11) is 1.86. The lowest BCUT2D eigenvalue weighted by molar-refractivity contribution is 0.242. The van der Waals surface area contributed by atoms with E-state index in [0.717, 1.165) is 17.1 Å². The van der Waals surface area contributed by atoms with Gasteiger partial charge in [0.2, 0.25) is 0 Å². The van der Waals surface area contributed by atoms with E-state index in [-0.39, 0.29) is 6.10 Å². The largest absolute Gasteiger partial charge is 0.491 e. The number of hydrogen-bond acceptors (Lipinski definition) is 4. The van der Waals surface area contributed by atoms with Crippen molar-refractivity contribution in [1.82, 2.24) is 14.8 Å². The van der Waals surface area contributed by atoms with E-state index in [4.69, 9.17) is 10.5 Å². The Hall–Kier alpha value is -1.88. The summed E-state index contributed by atoms with van der Waals surface area (Å²) in [5, 5.41) is 4.23. The number of nitrogens with two attached hydrogens (primary N) is 1. The van der Waals surface area contributed by atoms with Gasteiger partial charge in [-0.25, -0.2) is 9.67 Å². The number of rotatable bonds is 4. The maximum Gasteiger partial charge on any atom is 0.164 e. The number of aromatic nitrogens is 3. The first-order chi connectivity index (χ1) is 8.60. The predicted molar refractivity (Wildman–Crippen MR) is 70.1 cm³/mol. The summed E-state index contributed by atoms with van der Waals surface area (Å²) < 4.78 is 7.34. The second kappa shape index (κ2) is 5.18. The fourth-order valence-electron chi connectivity index (χ4n) is 1.73. The van der Waals surface area contributed by atoms with E-state index in [1.165, 1.54) is 0 Å². The molecule has 0 bridgehead atoms. The molecule has 1 heterocycles. The Bertz CT molecular complexity index is 516. The van der Waals surface area contributed by atoms with Gasteiger partial charge in [-0.05, 0) is 38.1 Å². The highest BCUT2D eigenvalue weighted by atomic mass is 16.5. The van der Waals surface area contributed by atoms with E-state index >= 15 is 0 Å². The molecular weight excluding hydrogens is 228 g/mol. The zero-order valence-electron chi connectivity index (χ0n) is 10.9. The van der Waals surface area contributed by atoms with Crippen LogP contribution in [0.2, 0.25) is 0 Å². The molecule has 96 valence electrons. The van der Waals surface area contributed by atoms with Crippen molar-refractivity contribution in [2.75, 3.05) is 0 Å². The Morgan fingerprint density at radius 1 is 1.28 bits per heavy atom. The molecule has 5 nitrogen and oxygen atoms in total. The van der Waals surface area contributed by atoms with Crippen molar-refractivity contribution in [2.45, 2.75) is 26.5 Å². The molecule has 0 spiro atoms. The highest BCUT2D eigenvalue weighted by Crippen LogP contribution is 2.21. The number of hydrogen-bond donors (Lipinski definition) is 1. The molecule has 0 aliphatic carbocycles. The van der Waals surface area contributed by atoms with Gasteiger partial charge >= 0.3 is 0 Å². The lowest BCUT2D eigenvalue weighted by Crippen LogP contribution is -2.05. The fraction of sp³-hybridized carbons (Fsp3) is 0.385. The predicted octanol–water partition coefficient (Wildman–Crippen LogP) is 1.73. The van der Waals surface area contributed by atoms with Gasteiger partial charge in [-0.1, -0.05) is 0 Å². The molecule has 0 unspecified atom stereocenters. The maximum atomic E-state index is 5.60. The van der Waals surface area contributed by atoms with Crippen LogP contribution >= 0.6 is 0 Å². The summed E-state index contributed by atoms with van der Waals surface area (Å²) in [6, 6.07) is 7.82. The van der Waals surface area contributed by atoms with Crippen LogP contribution in [0.25, 0.3) is 11.4 Å². The fourth-order valence-corrected chi connectivity index (χ4v) is 1.73. The smallest absolute Gasteiger partial charge is 0.164 e. The van der Waals surface area contributed by atoms with Crippen molar-refractivity contribution in [3.63, 3.8) is 0 Å². The molecule has 1 aromatic carbocycles. The van der Waals surface area contributed by atoms with Crippen LogP contribution in [0.4, 0.5) is 0 Å². The normalized spacial score (nSPS) is 10.9. The second-order valence-electron chi connectivity index (χ2n) is 4.37. The van der Waals surface area contributed by atoms with Gasteiger partial charge in [0.05, 0.1) is 12.6 Å². The molecule has 1 aromatic heterocycles. The van der Waals surface area contributed by atoms with Crippen LogP contribution in [0.15, 0.2) is 24.3 Å². The zero-order chi connectivity index (χ0) is 13.1. The molecule has 18 heavy (non-hydrogen) atoms. The lowest BCUT2D eigenvalue weighted by atomic mass is 10.2. The topological polar surface area (TPSA) is 66.0 Å². The molecule has 0 fully saturated rings. The number of ether oxygens (including phenoxy) is 1. The van der Waals surface area contributed by atoms with Crippen LogP contribution in [-0.2, 0) is 13.6 Å². The highest BCUT2D eigenvalue weighted by Gasteiger charge is 2.08. The van der Waals surface area contributed by atoms with Crippen LogP contribution in [0.1, 0.15) is 19.7 Å². The standard InChI is InChI=1S/C13H18N4O/c1-9(2)18-11-6-4-10(5-7-11)13-15-12(8-14)16-17(13)3/h4-7,9H,8,14H2,1-3H3. The molecular formula is C13H18N4O. The van der Waals surface area contributed by atoms with Crippen molar-refractivity contribution >= 4 is 0 Å². The third-order valence-electron chi connectivity index (χ3n) is 2.47. The molecule has 0 saturated carbocycles. The first-order valence-corrected chi connectivity index (χ1v) is 5.97. The van der Waals surface area contributed by atoms with Gasteiger partial charge < -0.3 is 10.5 Å². The minimum atomic E-state index is 0.175. The van der Waals surface area contributed by atoms with Crippen LogP contribution in [0.5, 0.6) is 5.75 Å². The molecule has 0 aliphatic rings. The summed E-state index contributed by atoms with van der Waals surface area (Å²) in [6.07, 6.45) is 0.175. The average molecular weight is 246 g/mol. The Balaban J connectivity index is 2.25. The van der Waals surface area contributed by atoms with Gasteiger partial charge in [0, 0.05) is 12.6 Å². The monoisotopic (exact) mass is 246 g/mol. The third kappa shape index (κ3) is 2.68. The minimum absolute atomic E-state index is 0.175. The first-order valence-electron chi connectivity index (χ1n) is 5.97. The number of aryl methyl sites for hydroxylation is 1. The van der Waals surface area contributed by atoms with Crippen LogP contribution in [-0.4, -0.2) is 20.9 Å². The minimum Gasteiger partial charge on any atom is -0.491 e. The summed E-state index contributed by atoms with van der Waals surface area (Å²) in [6.45, 7) is 4.36. The Morgan fingerprint density at radius 2 is 1.94 bits per heavy atom. The molecule has 0 saturated heterocycles. The Labute approximate surface area is 107 Å². The maximum absolute atomic E-state index is 5.60. The molecule has 2 aromatic rings.